The minimum absolute atomic E-state index is 0.182. The van der Waals surface area contributed by atoms with Gasteiger partial charge in [0.05, 0.1) is 13.2 Å². The van der Waals surface area contributed by atoms with Crippen LogP contribution in [0.5, 0.6) is 11.5 Å². The van der Waals surface area contributed by atoms with E-state index < -0.39 is 14.2 Å². The van der Waals surface area contributed by atoms with Gasteiger partial charge in [0, 0.05) is 0 Å². The first kappa shape index (κ1) is 25.3. The van der Waals surface area contributed by atoms with Gasteiger partial charge in [-0.1, -0.05) is 70.2 Å². The van der Waals surface area contributed by atoms with Crippen molar-refractivity contribution in [3.63, 3.8) is 0 Å². The highest BCUT2D eigenvalue weighted by Gasteiger charge is 2.33. The highest BCUT2D eigenvalue weighted by molar-refractivity contribution is 6.62. The molecule has 0 aliphatic carbocycles. The van der Waals surface area contributed by atoms with Gasteiger partial charge in [-0.15, -0.1) is 0 Å². The molecular weight excluding hydrogens is 442 g/mol. The average molecular weight is 474 g/mol. The van der Waals surface area contributed by atoms with Crippen LogP contribution < -0.4 is 15.7 Å². The molecule has 2 aliphatic rings. The molecule has 0 saturated heterocycles. The fraction of sp³-hybridized carbons (Fsp3) is 0.333. The molecule has 0 unspecified atom stereocenters. The van der Waals surface area contributed by atoms with Crippen LogP contribution in [0.3, 0.4) is 0 Å². The van der Waals surface area contributed by atoms with Gasteiger partial charge >= 0.3 is 14.2 Å². The predicted molar refractivity (Wildman–Crippen MR) is 138 cm³/mol. The molecule has 35 heavy (non-hydrogen) atoms. The lowest BCUT2D eigenvalue weighted by molar-refractivity contribution is 0.275. The van der Waals surface area contributed by atoms with Crippen LogP contribution in [0.1, 0.15) is 67.3 Å². The van der Waals surface area contributed by atoms with Crippen molar-refractivity contribution in [3.05, 3.63) is 82.4 Å². The molecule has 3 aromatic carbocycles. The molecule has 0 aromatic heterocycles. The molecule has 5 rings (SSSR count). The van der Waals surface area contributed by atoms with Crippen LogP contribution in [0.15, 0.2) is 54.6 Å². The fourth-order valence-electron chi connectivity index (χ4n) is 4.73. The first-order chi connectivity index (χ1) is 16.8. The lowest BCUT2D eigenvalue weighted by Gasteiger charge is -2.18. The van der Waals surface area contributed by atoms with Gasteiger partial charge in [-0.25, -0.2) is 0 Å². The number of rotatable bonds is 5. The van der Waals surface area contributed by atoms with E-state index in [1.165, 1.54) is 0 Å². The lowest BCUT2D eigenvalue weighted by atomic mass is 9.73. The summed E-state index contributed by atoms with van der Waals surface area (Å²) in [6, 6.07) is 17.5. The number of hydrogen-bond acceptors (Lipinski definition) is 6. The molecule has 8 heteroatoms. The van der Waals surface area contributed by atoms with Crippen LogP contribution in [0.25, 0.3) is 0 Å². The Balaban J connectivity index is 0.000000179. The third kappa shape index (κ3) is 5.41. The Morgan fingerprint density at radius 1 is 0.771 bits per heavy atom. The smallest absolute Gasteiger partial charge is 0.492 e. The fourth-order valence-corrected chi connectivity index (χ4v) is 4.73. The second-order valence-corrected chi connectivity index (χ2v) is 9.53. The van der Waals surface area contributed by atoms with Gasteiger partial charge < -0.3 is 29.2 Å². The first-order valence-corrected chi connectivity index (χ1v) is 12.0. The summed E-state index contributed by atoms with van der Waals surface area (Å²) in [5, 5.41) is 29.3. The maximum atomic E-state index is 10.0. The van der Waals surface area contributed by atoms with Crippen LogP contribution in [0.2, 0.25) is 0 Å². The van der Waals surface area contributed by atoms with Gasteiger partial charge in [0.15, 0.2) is 0 Å². The third-order valence-electron chi connectivity index (χ3n) is 6.37. The second-order valence-electron chi connectivity index (χ2n) is 9.53. The normalized spacial score (nSPS) is 14.2. The summed E-state index contributed by atoms with van der Waals surface area (Å²) in [5.41, 5.74) is 6.64. The summed E-state index contributed by atoms with van der Waals surface area (Å²) in [5.74, 6) is 1.52. The van der Waals surface area contributed by atoms with Gasteiger partial charge in [0.25, 0.3) is 0 Å². The van der Waals surface area contributed by atoms with Crippen molar-refractivity contribution < 1.29 is 29.2 Å². The summed E-state index contributed by atoms with van der Waals surface area (Å²) in [6.07, 6.45) is 0. The molecule has 2 aliphatic heterocycles. The zero-order chi connectivity index (χ0) is 25.1. The van der Waals surface area contributed by atoms with Crippen molar-refractivity contribution in [3.8, 4) is 11.5 Å². The molecule has 0 amide bonds. The second kappa shape index (κ2) is 10.9. The van der Waals surface area contributed by atoms with Gasteiger partial charge in [-0.2, -0.15) is 0 Å². The van der Waals surface area contributed by atoms with E-state index in [4.69, 9.17) is 14.0 Å². The molecule has 6 nitrogen and oxygen atoms in total. The van der Waals surface area contributed by atoms with E-state index in [2.05, 4.69) is 13.8 Å². The van der Waals surface area contributed by atoms with E-state index in [-0.39, 0.29) is 17.6 Å². The quantitative estimate of drug-likeness (QED) is 0.492. The molecule has 2 heterocycles. The van der Waals surface area contributed by atoms with Crippen molar-refractivity contribution in [1.29, 1.82) is 0 Å². The largest absolute Gasteiger partial charge is 0.508 e. The van der Waals surface area contributed by atoms with Gasteiger partial charge in [0.1, 0.15) is 18.1 Å². The van der Waals surface area contributed by atoms with Crippen LogP contribution in [-0.4, -0.2) is 29.4 Å². The SMILES string of the molecule is CC(C)c1c(O)ccc2c1B(O)OC2.CC(C)c1c(OCc2ccccc2)ccc2c1B(O)OC2. The van der Waals surface area contributed by atoms with E-state index >= 15 is 0 Å². The molecule has 3 aromatic rings. The number of phenolic OH excluding ortho intramolecular Hbond substituents is 1. The van der Waals surface area contributed by atoms with E-state index in [9.17, 15) is 15.2 Å². The Labute approximate surface area is 207 Å². The molecular formula is C27H32B2O6. The summed E-state index contributed by atoms with van der Waals surface area (Å²) >= 11 is 0. The van der Waals surface area contributed by atoms with Crippen molar-refractivity contribution >= 4 is 25.2 Å². The molecule has 0 atom stereocenters. The molecule has 0 fully saturated rings. The summed E-state index contributed by atoms with van der Waals surface area (Å²) < 4.78 is 16.4. The highest BCUT2D eigenvalue weighted by atomic mass is 16.5. The Kier molecular flexibility index (Phi) is 7.87. The number of aromatic hydroxyl groups is 1. The highest BCUT2D eigenvalue weighted by Crippen LogP contribution is 2.30. The van der Waals surface area contributed by atoms with Crippen molar-refractivity contribution in [2.75, 3.05) is 0 Å². The molecule has 0 saturated carbocycles. The predicted octanol–water partition coefficient (Wildman–Crippen LogP) is 3.34. The van der Waals surface area contributed by atoms with Crippen molar-refractivity contribution in [1.82, 2.24) is 0 Å². The van der Waals surface area contributed by atoms with E-state index in [1.54, 1.807) is 12.1 Å². The molecule has 182 valence electrons. The Hall–Kier alpha value is -2.77. The topological polar surface area (TPSA) is 88.4 Å². The maximum Gasteiger partial charge on any atom is 0.492 e. The Morgan fingerprint density at radius 2 is 1.31 bits per heavy atom. The standard InChI is InChI=1S/C17H19BO3.C10H13BO3/c1-12(2)16-15(20-10-13-6-4-3-5-7-13)9-8-14-11-21-18(19)17(14)16;1-6(2)9-8(12)4-3-7-5-14-11(13)10(7)9/h3-9,12,19H,10-11H2,1-2H3;3-4,6,12-13H,5H2,1-2H3. The molecule has 0 radical (unpaired) electrons. The van der Waals surface area contributed by atoms with Crippen LogP contribution in [-0.2, 0) is 29.1 Å². The lowest BCUT2D eigenvalue weighted by Crippen LogP contribution is -2.32. The van der Waals surface area contributed by atoms with Gasteiger partial charge in [0.2, 0.25) is 0 Å². The zero-order valence-corrected chi connectivity index (χ0v) is 20.7. The van der Waals surface area contributed by atoms with Crippen molar-refractivity contribution in [2.45, 2.75) is 59.4 Å². The summed E-state index contributed by atoms with van der Waals surface area (Å²) in [7, 11) is -1.72. The Morgan fingerprint density at radius 3 is 1.89 bits per heavy atom. The average Bonchev–Trinajstić information content (AvgIpc) is 3.40. The molecule has 0 bridgehead atoms. The Bertz CT molecular complexity index is 1170. The zero-order valence-electron chi connectivity index (χ0n) is 20.7. The summed E-state index contributed by atoms with van der Waals surface area (Å²) in [6.45, 7) is 9.61. The maximum absolute atomic E-state index is 10.0. The first-order valence-electron chi connectivity index (χ1n) is 12.0. The van der Waals surface area contributed by atoms with Crippen LogP contribution in [0.4, 0.5) is 0 Å². The number of hydrogen-bond donors (Lipinski definition) is 3. The number of phenols is 1. The minimum atomic E-state index is -0.880. The summed E-state index contributed by atoms with van der Waals surface area (Å²) in [4.78, 5) is 0. The monoisotopic (exact) mass is 474 g/mol. The molecule has 0 spiro atoms. The van der Waals surface area contributed by atoms with Gasteiger partial charge in [-0.05, 0) is 62.7 Å². The van der Waals surface area contributed by atoms with E-state index in [1.807, 2.05) is 56.3 Å². The van der Waals surface area contributed by atoms with E-state index in [0.29, 0.717) is 19.8 Å². The number of ether oxygens (including phenoxy) is 1. The van der Waals surface area contributed by atoms with Crippen molar-refractivity contribution in [2.24, 2.45) is 0 Å². The van der Waals surface area contributed by atoms with Gasteiger partial charge in [-0.3, -0.25) is 0 Å². The molecule has 3 N–H and O–H groups in total. The van der Waals surface area contributed by atoms with E-state index in [0.717, 1.165) is 44.5 Å². The minimum Gasteiger partial charge on any atom is -0.508 e. The number of fused-ring (bicyclic) bond motifs is 2. The van der Waals surface area contributed by atoms with Crippen LogP contribution >= 0.6 is 0 Å². The third-order valence-corrected chi connectivity index (χ3v) is 6.37. The number of benzene rings is 3. The van der Waals surface area contributed by atoms with Crippen LogP contribution in [0, 0.1) is 0 Å².